The van der Waals surface area contributed by atoms with Gasteiger partial charge in [0.2, 0.25) is 0 Å². The normalized spacial score (nSPS) is 11.3. The molecule has 0 saturated heterocycles. The monoisotopic (exact) mass is 311 g/mol. The molecule has 2 aromatic rings. The third kappa shape index (κ3) is 2.96. The lowest BCUT2D eigenvalue weighted by Crippen LogP contribution is -2.30. The summed E-state index contributed by atoms with van der Waals surface area (Å²) in [5, 5.41) is 1.76. The van der Waals surface area contributed by atoms with E-state index in [1.807, 2.05) is 13.8 Å². The molecule has 108 valence electrons. The number of nitrogens with zero attached hydrogens (tertiary/aromatic N) is 1. The number of ether oxygens (including phenoxy) is 1. The molecule has 0 aliphatic carbocycles. The Morgan fingerprint density at radius 1 is 1.15 bits per heavy atom. The van der Waals surface area contributed by atoms with Gasteiger partial charge >= 0.3 is 0 Å². The van der Waals surface area contributed by atoms with E-state index in [0.717, 1.165) is 5.75 Å². The number of anilines is 1. The van der Waals surface area contributed by atoms with Crippen molar-refractivity contribution >= 4 is 27.0 Å². The van der Waals surface area contributed by atoms with Crippen LogP contribution in [0.5, 0.6) is 5.75 Å². The SMILES string of the molecule is CCOc1ccc(N(CC)S(=O)(=O)c2cccs2)cc1. The first-order chi connectivity index (χ1) is 9.59. The molecule has 2 rings (SSSR count). The molecular formula is C14H17NO3S2. The number of rotatable bonds is 6. The summed E-state index contributed by atoms with van der Waals surface area (Å²) in [4.78, 5) is 0. The topological polar surface area (TPSA) is 46.6 Å². The summed E-state index contributed by atoms with van der Waals surface area (Å²) < 4.78 is 32.2. The summed E-state index contributed by atoms with van der Waals surface area (Å²) in [5.74, 6) is 0.737. The molecule has 0 fully saturated rings. The highest BCUT2D eigenvalue weighted by Crippen LogP contribution is 2.27. The minimum Gasteiger partial charge on any atom is -0.494 e. The van der Waals surface area contributed by atoms with Crippen LogP contribution >= 0.6 is 11.3 Å². The molecule has 1 aromatic heterocycles. The van der Waals surface area contributed by atoms with Crippen molar-refractivity contribution in [2.75, 3.05) is 17.5 Å². The van der Waals surface area contributed by atoms with Crippen molar-refractivity contribution < 1.29 is 13.2 Å². The van der Waals surface area contributed by atoms with Gasteiger partial charge in [0.15, 0.2) is 0 Å². The second-order valence-corrected chi connectivity index (χ2v) is 7.07. The van der Waals surface area contributed by atoms with Gasteiger partial charge in [-0.15, -0.1) is 11.3 Å². The van der Waals surface area contributed by atoms with Crippen molar-refractivity contribution in [2.45, 2.75) is 18.1 Å². The maximum absolute atomic E-state index is 12.5. The van der Waals surface area contributed by atoms with Gasteiger partial charge in [0, 0.05) is 6.54 Å². The van der Waals surface area contributed by atoms with Crippen LogP contribution < -0.4 is 9.04 Å². The highest BCUT2D eigenvalue weighted by molar-refractivity contribution is 7.94. The van der Waals surface area contributed by atoms with Crippen molar-refractivity contribution in [2.24, 2.45) is 0 Å². The summed E-state index contributed by atoms with van der Waals surface area (Å²) in [6.45, 7) is 4.70. The van der Waals surface area contributed by atoms with Gasteiger partial charge in [-0.1, -0.05) is 6.07 Å². The molecular weight excluding hydrogens is 294 g/mol. The van der Waals surface area contributed by atoms with Crippen molar-refractivity contribution in [1.29, 1.82) is 0 Å². The fourth-order valence-electron chi connectivity index (χ4n) is 1.89. The predicted octanol–water partition coefficient (Wildman–Crippen LogP) is 3.36. The maximum atomic E-state index is 12.5. The van der Waals surface area contributed by atoms with Crippen LogP contribution in [0.4, 0.5) is 5.69 Å². The molecule has 0 amide bonds. The average Bonchev–Trinajstić information content (AvgIpc) is 2.96. The van der Waals surface area contributed by atoms with Gasteiger partial charge in [0.1, 0.15) is 9.96 Å². The molecule has 0 aliphatic rings. The van der Waals surface area contributed by atoms with Gasteiger partial charge in [-0.3, -0.25) is 4.31 Å². The predicted molar refractivity (Wildman–Crippen MR) is 82.1 cm³/mol. The zero-order chi connectivity index (χ0) is 14.6. The molecule has 0 atom stereocenters. The highest BCUT2D eigenvalue weighted by Gasteiger charge is 2.24. The Morgan fingerprint density at radius 3 is 2.35 bits per heavy atom. The Labute approximate surface area is 123 Å². The highest BCUT2D eigenvalue weighted by atomic mass is 32.2. The van der Waals surface area contributed by atoms with Crippen LogP contribution in [0.3, 0.4) is 0 Å². The van der Waals surface area contributed by atoms with E-state index in [1.54, 1.807) is 41.8 Å². The van der Waals surface area contributed by atoms with E-state index in [2.05, 4.69) is 0 Å². The fraction of sp³-hybridized carbons (Fsp3) is 0.286. The van der Waals surface area contributed by atoms with Crippen molar-refractivity contribution in [3.8, 4) is 5.75 Å². The first kappa shape index (κ1) is 14.9. The lowest BCUT2D eigenvalue weighted by molar-refractivity contribution is 0.340. The lowest BCUT2D eigenvalue weighted by atomic mass is 10.3. The standard InChI is InChI=1S/C14H17NO3S2/c1-3-15(20(16,17)14-6-5-11-19-14)12-7-9-13(10-8-12)18-4-2/h5-11H,3-4H2,1-2H3. The van der Waals surface area contributed by atoms with E-state index in [9.17, 15) is 8.42 Å². The van der Waals surface area contributed by atoms with Gasteiger partial charge in [-0.05, 0) is 49.6 Å². The van der Waals surface area contributed by atoms with E-state index in [-0.39, 0.29) is 0 Å². The van der Waals surface area contributed by atoms with Crippen LogP contribution in [0.25, 0.3) is 0 Å². The van der Waals surface area contributed by atoms with E-state index >= 15 is 0 Å². The number of hydrogen-bond donors (Lipinski definition) is 0. The van der Waals surface area contributed by atoms with Crippen molar-refractivity contribution in [1.82, 2.24) is 0 Å². The van der Waals surface area contributed by atoms with Crippen molar-refractivity contribution in [3.63, 3.8) is 0 Å². The molecule has 1 aromatic carbocycles. The van der Waals surface area contributed by atoms with Crippen LogP contribution in [0.2, 0.25) is 0 Å². The molecule has 1 heterocycles. The summed E-state index contributed by atoms with van der Waals surface area (Å²) in [5.41, 5.74) is 0.643. The Bertz CT molecular complexity index is 634. The zero-order valence-corrected chi connectivity index (χ0v) is 13.1. The largest absolute Gasteiger partial charge is 0.494 e. The second-order valence-electron chi connectivity index (χ2n) is 4.03. The van der Waals surface area contributed by atoms with Gasteiger partial charge in [-0.2, -0.15) is 0 Å². The Balaban J connectivity index is 2.33. The average molecular weight is 311 g/mol. The summed E-state index contributed by atoms with van der Waals surface area (Å²) in [6, 6.07) is 10.5. The smallest absolute Gasteiger partial charge is 0.273 e. The second kappa shape index (κ2) is 6.28. The molecule has 6 heteroatoms. The molecule has 4 nitrogen and oxygen atoms in total. The van der Waals surface area contributed by atoms with E-state index in [4.69, 9.17) is 4.74 Å². The van der Waals surface area contributed by atoms with Crippen LogP contribution in [-0.4, -0.2) is 21.6 Å². The number of sulfonamides is 1. The molecule has 20 heavy (non-hydrogen) atoms. The molecule has 0 spiro atoms. The fourth-order valence-corrected chi connectivity index (χ4v) is 4.46. The molecule has 0 N–H and O–H groups in total. The van der Waals surface area contributed by atoms with Crippen LogP contribution in [0.15, 0.2) is 46.0 Å². The Hall–Kier alpha value is -1.53. The van der Waals surface area contributed by atoms with Gasteiger partial charge in [-0.25, -0.2) is 8.42 Å². The Kier molecular flexibility index (Phi) is 4.67. The summed E-state index contributed by atoms with van der Waals surface area (Å²) >= 11 is 1.23. The number of thiophene rings is 1. The number of benzene rings is 1. The lowest BCUT2D eigenvalue weighted by Gasteiger charge is -2.22. The Morgan fingerprint density at radius 2 is 1.85 bits per heavy atom. The first-order valence-electron chi connectivity index (χ1n) is 6.38. The minimum absolute atomic E-state index is 0.355. The van der Waals surface area contributed by atoms with Crippen LogP contribution in [-0.2, 0) is 10.0 Å². The molecule has 0 bridgehead atoms. The first-order valence-corrected chi connectivity index (χ1v) is 8.70. The van der Waals surface area contributed by atoms with Crippen molar-refractivity contribution in [3.05, 3.63) is 41.8 Å². The van der Waals surface area contributed by atoms with Crippen LogP contribution in [0.1, 0.15) is 13.8 Å². The van der Waals surface area contributed by atoms with Crippen LogP contribution in [0, 0.1) is 0 Å². The van der Waals surface area contributed by atoms with Gasteiger partial charge < -0.3 is 4.74 Å². The number of hydrogen-bond acceptors (Lipinski definition) is 4. The molecule has 0 radical (unpaired) electrons. The van der Waals surface area contributed by atoms with Gasteiger partial charge in [0.25, 0.3) is 10.0 Å². The molecule has 0 aliphatic heterocycles. The van der Waals surface area contributed by atoms with Gasteiger partial charge in [0.05, 0.1) is 12.3 Å². The van der Waals surface area contributed by atoms with E-state index in [1.165, 1.54) is 15.6 Å². The van der Waals surface area contributed by atoms with E-state index in [0.29, 0.717) is 23.0 Å². The minimum atomic E-state index is -3.47. The summed E-state index contributed by atoms with van der Waals surface area (Å²) in [7, 11) is -3.47. The van der Waals surface area contributed by atoms with E-state index < -0.39 is 10.0 Å². The third-order valence-corrected chi connectivity index (χ3v) is 6.04. The quantitative estimate of drug-likeness (QED) is 0.822. The maximum Gasteiger partial charge on any atom is 0.273 e. The molecule has 0 unspecified atom stereocenters. The third-order valence-electron chi connectivity index (χ3n) is 2.76. The summed E-state index contributed by atoms with van der Waals surface area (Å²) in [6.07, 6.45) is 0. The zero-order valence-electron chi connectivity index (χ0n) is 11.4. The molecule has 0 saturated carbocycles.